The SMILES string of the molecule is OCC1(CO)C=CN=C(c2ccccn2)C1. The lowest BCUT2D eigenvalue weighted by Crippen LogP contribution is -2.32. The predicted octanol–water partition coefficient (Wildman–Crippen LogP) is 0.759. The summed E-state index contributed by atoms with van der Waals surface area (Å²) < 4.78 is 0. The molecule has 0 unspecified atom stereocenters. The van der Waals surface area contributed by atoms with Gasteiger partial charge in [-0.15, -0.1) is 0 Å². The molecule has 0 aromatic carbocycles. The molecule has 4 heteroatoms. The molecule has 2 rings (SSSR count). The number of nitrogens with zero attached hydrogens (tertiary/aromatic N) is 2. The summed E-state index contributed by atoms with van der Waals surface area (Å²) >= 11 is 0. The summed E-state index contributed by atoms with van der Waals surface area (Å²) in [6.45, 7) is -0.183. The van der Waals surface area contributed by atoms with Gasteiger partial charge in [0, 0.05) is 24.2 Å². The molecule has 16 heavy (non-hydrogen) atoms. The van der Waals surface area contributed by atoms with Crippen molar-refractivity contribution in [1.29, 1.82) is 0 Å². The number of aliphatic hydroxyl groups is 2. The largest absolute Gasteiger partial charge is 0.395 e. The average Bonchev–Trinajstić information content (AvgIpc) is 2.40. The van der Waals surface area contributed by atoms with Crippen LogP contribution in [0.1, 0.15) is 12.1 Å². The second-order valence-corrected chi connectivity index (χ2v) is 3.96. The van der Waals surface area contributed by atoms with Crippen LogP contribution in [0.15, 0.2) is 41.7 Å². The van der Waals surface area contributed by atoms with Crippen molar-refractivity contribution in [3.63, 3.8) is 0 Å². The third-order valence-electron chi connectivity index (χ3n) is 2.77. The number of aromatic nitrogens is 1. The van der Waals surface area contributed by atoms with Crippen molar-refractivity contribution in [3.05, 3.63) is 42.4 Å². The van der Waals surface area contributed by atoms with Crippen LogP contribution in [0, 0.1) is 5.41 Å². The second-order valence-electron chi connectivity index (χ2n) is 3.96. The fourth-order valence-corrected chi connectivity index (χ4v) is 1.68. The van der Waals surface area contributed by atoms with Gasteiger partial charge in [-0.25, -0.2) is 0 Å². The van der Waals surface area contributed by atoms with Gasteiger partial charge >= 0.3 is 0 Å². The van der Waals surface area contributed by atoms with E-state index < -0.39 is 5.41 Å². The molecule has 1 aliphatic rings. The minimum Gasteiger partial charge on any atom is -0.395 e. The average molecular weight is 218 g/mol. The Bertz CT molecular complexity index is 408. The second kappa shape index (κ2) is 4.55. The number of pyridine rings is 1. The Hall–Kier alpha value is -1.52. The van der Waals surface area contributed by atoms with Crippen LogP contribution in [0.3, 0.4) is 0 Å². The predicted molar refractivity (Wildman–Crippen MR) is 61.1 cm³/mol. The molecule has 1 aliphatic heterocycles. The molecule has 84 valence electrons. The van der Waals surface area contributed by atoms with Crippen LogP contribution in [0.5, 0.6) is 0 Å². The highest BCUT2D eigenvalue weighted by Gasteiger charge is 2.30. The number of hydrogen-bond donors (Lipinski definition) is 2. The molecular formula is C12H14N2O2. The highest BCUT2D eigenvalue weighted by atomic mass is 16.3. The number of aliphatic hydroxyl groups excluding tert-OH is 2. The molecule has 4 nitrogen and oxygen atoms in total. The fraction of sp³-hybridized carbons (Fsp3) is 0.333. The third-order valence-corrected chi connectivity index (χ3v) is 2.77. The van der Waals surface area contributed by atoms with Gasteiger partial charge in [-0.05, 0) is 12.1 Å². The monoisotopic (exact) mass is 218 g/mol. The van der Waals surface area contributed by atoms with Gasteiger partial charge in [-0.2, -0.15) is 0 Å². The van der Waals surface area contributed by atoms with Gasteiger partial charge in [0.25, 0.3) is 0 Å². The first-order valence-corrected chi connectivity index (χ1v) is 5.17. The van der Waals surface area contributed by atoms with Gasteiger partial charge in [0.1, 0.15) is 0 Å². The summed E-state index contributed by atoms with van der Waals surface area (Å²) in [7, 11) is 0. The van der Waals surface area contributed by atoms with E-state index >= 15 is 0 Å². The zero-order valence-corrected chi connectivity index (χ0v) is 8.87. The van der Waals surface area contributed by atoms with E-state index in [1.807, 2.05) is 18.2 Å². The molecule has 1 aromatic rings. The van der Waals surface area contributed by atoms with E-state index in [2.05, 4.69) is 9.98 Å². The summed E-state index contributed by atoms with van der Waals surface area (Å²) in [6, 6.07) is 5.61. The van der Waals surface area contributed by atoms with Crippen molar-refractivity contribution < 1.29 is 10.2 Å². The minimum absolute atomic E-state index is 0.0914. The molecule has 1 aromatic heterocycles. The van der Waals surface area contributed by atoms with Crippen LogP contribution in [-0.2, 0) is 0 Å². The van der Waals surface area contributed by atoms with Gasteiger partial charge in [-0.3, -0.25) is 9.98 Å². The van der Waals surface area contributed by atoms with Crippen LogP contribution in [0.4, 0.5) is 0 Å². The molecule has 2 heterocycles. The van der Waals surface area contributed by atoms with Crippen molar-refractivity contribution in [1.82, 2.24) is 4.98 Å². The Balaban J connectivity index is 2.26. The zero-order valence-electron chi connectivity index (χ0n) is 8.87. The van der Waals surface area contributed by atoms with Crippen LogP contribution in [0.25, 0.3) is 0 Å². The summed E-state index contributed by atoms with van der Waals surface area (Å²) in [5, 5.41) is 18.6. The molecule has 2 N–H and O–H groups in total. The quantitative estimate of drug-likeness (QED) is 0.787. The fourth-order valence-electron chi connectivity index (χ4n) is 1.68. The highest BCUT2D eigenvalue weighted by Crippen LogP contribution is 2.28. The summed E-state index contributed by atoms with van der Waals surface area (Å²) in [4.78, 5) is 8.45. The lowest BCUT2D eigenvalue weighted by molar-refractivity contribution is 0.0981. The van der Waals surface area contributed by atoms with E-state index in [9.17, 15) is 10.2 Å². The van der Waals surface area contributed by atoms with Crippen molar-refractivity contribution in [2.45, 2.75) is 6.42 Å². The number of rotatable bonds is 3. The Morgan fingerprint density at radius 1 is 1.25 bits per heavy atom. The first-order valence-electron chi connectivity index (χ1n) is 5.17. The van der Waals surface area contributed by atoms with Crippen LogP contribution in [-0.4, -0.2) is 34.1 Å². The maximum Gasteiger partial charge on any atom is 0.0844 e. The van der Waals surface area contributed by atoms with E-state index in [1.54, 1.807) is 18.5 Å². The summed E-state index contributed by atoms with van der Waals surface area (Å²) in [6.07, 6.45) is 5.59. The van der Waals surface area contributed by atoms with Gasteiger partial charge in [0.15, 0.2) is 0 Å². The molecule has 0 atom stereocenters. The maximum absolute atomic E-state index is 9.32. The smallest absolute Gasteiger partial charge is 0.0844 e. The highest BCUT2D eigenvalue weighted by molar-refractivity contribution is 6.00. The molecule has 0 aliphatic carbocycles. The van der Waals surface area contributed by atoms with Crippen LogP contribution < -0.4 is 0 Å². The molecule has 0 saturated heterocycles. The molecule has 0 bridgehead atoms. The summed E-state index contributed by atoms with van der Waals surface area (Å²) in [5.74, 6) is 0. The van der Waals surface area contributed by atoms with E-state index in [1.165, 1.54) is 0 Å². The van der Waals surface area contributed by atoms with Crippen molar-refractivity contribution in [2.24, 2.45) is 10.4 Å². The molecule has 0 amide bonds. The molecular weight excluding hydrogens is 204 g/mol. The Morgan fingerprint density at radius 3 is 2.69 bits per heavy atom. The molecule has 0 saturated carbocycles. The molecule has 0 radical (unpaired) electrons. The number of aliphatic imine (C=N–C) groups is 1. The summed E-state index contributed by atoms with van der Waals surface area (Å²) in [5.41, 5.74) is 0.985. The lowest BCUT2D eigenvalue weighted by Gasteiger charge is -2.28. The van der Waals surface area contributed by atoms with Crippen molar-refractivity contribution in [3.8, 4) is 0 Å². The third kappa shape index (κ3) is 2.03. The first-order chi connectivity index (χ1) is 7.79. The minimum atomic E-state index is -0.603. The van der Waals surface area contributed by atoms with Gasteiger partial charge in [0.2, 0.25) is 0 Å². The van der Waals surface area contributed by atoms with E-state index in [4.69, 9.17) is 0 Å². The topological polar surface area (TPSA) is 65.7 Å². The lowest BCUT2D eigenvalue weighted by atomic mass is 9.82. The normalized spacial score (nSPS) is 18.2. The zero-order chi connectivity index (χ0) is 11.4. The van der Waals surface area contributed by atoms with Crippen molar-refractivity contribution in [2.75, 3.05) is 13.2 Å². The molecule has 0 fully saturated rings. The Labute approximate surface area is 94.0 Å². The van der Waals surface area contributed by atoms with E-state index in [0.717, 1.165) is 11.4 Å². The molecule has 0 spiro atoms. The van der Waals surface area contributed by atoms with E-state index in [-0.39, 0.29) is 13.2 Å². The standard InChI is InChI=1S/C12H14N2O2/c15-8-12(9-16)4-6-14-11(7-12)10-3-1-2-5-13-10/h1-6,15-16H,7-9H2. The van der Waals surface area contributed by atoms with Gasteiger partial charge < -0.3 is 10.2 Å². The van der Waals surface area contributed by atoms with Gasteiger partial charge in [0.05, 0.1) is 24.6 Å². The number of hydrogen-bond acceptors (Lipinski definition) is 4. The first kappa shape index (κ1) is 11.0. The Morgan fingerprint density at radius 2 is 2.06 bits per heavy atom. The van der Waals surface area contributed by atoms with Crippen molar-refractivity contribution >= 4 is 5.71 Å². The maximum atomic E-state index is 9.32. The Kier molecular flexibility index (Phi) is 3.12. The van der Waals surface area contributed by atoms with Crippen LogP contribution >= 0.6 is 0 Å². The van der Waals surface area contributed by atoms with Crippen LogP contribution in [0.2, 0.25) is 0 Å². The van der Waals surface area contributed by atoms with Gasteiger partial charge in [-0.1, -0.05) is 12.1 Å². The van der Waals surface area contributed by atoms with E-state index in [0.29, 0.717) is 6.42 Å².